The molecule has 1 amide bonds. The smallest absolute Gasteiger partial charge is 0.244 e. The van der Waals surface area contributed by atoms with Crippen molar-refractivity contribution in [2.24, 2.45) is 0 Å². The largest absolute Gasteiger partial charge is 0.386 e. The lowest BCUT2D eigenvalue weighted by atomic mass is 10.1. The Morgan fingerprint density at radius 2 is 2.10 bits per heavy atom. The molecule has 0 radical (unpaired) electrons. The molecule has 2 rings (SSSR count). The molecule has 1 heterocycles. The van der Waals surface area contributed by atoms with Crippen LogP contribution in [0.5, 0.6) is 0 Å². The number of carbonyl (C=O) groups excluding carboxylic acids is 1. The first kappa shape index (κ1) is 15.8. The summed E-state index contributed by atoms with van der Waals surface area (Å²) >= 11 is 12.0. The second-order valence-corrected chi connectivity index (χ2v) is 5.26. The van der Waals surface area contributed by atoms with E-state index in [0.717, 1.165) is 0 Å². The van der Waals surface area contributed by atoms with Gasteiger partial charge in [0.1, 0.15) is 18.7 Å². The van der Waals surface area contributed by atoms with Gasteiger partial charge in [-0.15, -0.1) is 0 Å². The lowest BCUT2D eigenvalue weighted by Crippen LogP contribution is -2.34. The van der Waals surface area contributed by atoms with Gasteiger partial charge in [0, 0.05) is 22.2 Å². The molecule has 8 heteroatoms. The lowest BCUT2D eigenvalue weighted by molar-refractivity contribution is -0.124. The van der Waals surface area contributed by atoms with E-state index in [1.54, 1.807) is 25.1 Å². The first-order valence-electron chi connectivity index (χ1n) is 6.24. The van der Waals surface area contributed by atoms with Crippen LogP contribution in [0.2, 0.25) is 10.0 Å². The molecule has 2 N–H and O–H groups in total. The number of aliphatic hydroxyl groups is 1. The van der Waals surface area contributed by atoms with Gasteiger partial charge in [-0.1, -0.05) is 29.3 Å². The van der Waals surface area contributed by atoms with E-state index in [4.69, 9.17) is 23.2 Å². The molecule has 2 aromatic rings. The van der Waals surface area contributed by atoms with Gasteiger partial charge in [0.05, 0.1) is 6.10 Å². The van der Waals surface area contributed by atoms with Gasteiger partial charge >= 0.3 is 0 Å². The van der Waals surface area contributed by atoms with Crippen LogP contribution >= 0.6 is 23.2 Å². The maximum Gasteiger partial charge on any atom is 0.244 e. The molecule has 0 bridgehead atoms. The molecule has 1 aromatic carbocycles. The minimum absolute atomic E-state index is 0.00131. The molecule has 1 aromatic heterocycles. The maximum atomic E-state index is 12.0. The van der Waals surface area contributed by atoms with Crippen LogP contribution in [0.1, 0.15) is 24.6 Å². The molecule has 0 saturated heterocycles. The number of hydrogen-bond acceptors (Lipinski definition) is 4. The van der Waals surface area contributed by atoms with E-state index >= 15 is 0 Å². The summed E-state index contributed by atoms with van der Waals surface area (Å²) in [4.78, 5) is 15.7. The molecule has 0 fully saturated rings. The predicted molar refractivity (Wildman–Crippen MR) is 79.2 cm³/mol. The van der Waals surface area contributed by atoms with Gasteiger partial charge in [0.2, 0.25) is 5.91 Å². The number of aliphatic hydroxyl groups excluding tert-OH is 1. The molecule has 0 aliphatic carbocycles. The second kappa shape index (κ2) is 6.89. The van der Waals surface area contributed by atoms with Crippen molar-refractivity contribution in [3.63, 3.8) is 0 Å². The number of nitrogens with one attached hydrogen (secondary N) is 1. The van der Waals surface area contributed by atoms with E-state index in [-0.39, 0.29) is 12.5 Å². The molecule has 21 heavy (non-hydrogen) atoms. The minimum Gasteiger partial charge on any atom is -0.386 e. The molecule has 0 unspecified atom stereocenters. The van der Waals surface area contributed by atoms with Crippen LogP contribution in [0.25, 0.3) is 0 Å². The molecule has 0 aliphatic heterocycles. The summed E-state index contributed by atoms with van der Waals surface area (Å²) in [7, 11) is 0. The highest BCUT2D eigenvalue weighted by Crippen LogP contribution is 2.29. The topological polar surface area (TPSA) is 80.0 Å². The average Bonchev–Trinajstić information content (AvgIpc) is 2.97. The van der Waals surface area contributed by atoms with Gasteiger partial charge in [-0.05, 0) is 19.1 Å². The Balaban J connectivity index is 1.98. The molecule has 6 nitrogen and oxygen atoms in total. The van der Waals surface area contributed by atoms with Crippen molar-refractivity contribution in [3.05, 3.63) is 46.5 Å². The Bertz CT molecular complexity index is 598. The molecule has 0 saturated carbocycles. The SMILES string of the molecule is C[C@@H](C(=O)NC[C@H](O)c1c(Cl)cccc1Cl)n1cncn1. The fourth-order valence-corrected chi connectivity index (χ4v) is 2.46. The van der Waals surface area contributed by atoms with Gasteiger partial charge < -0.3 is 10.4 Å². The summed E-state index contributed by atoms with van der Waals surface area (Å²) in [6.45, 7) is 1.68. The third kappa shape index (κ3) is 3.72. The van der Waals surface area contributed by atoms with Crippen molar-refractivity contribution in [2.75, 3.05) is 6.54 Å². The molecular formula is C13H14Cl2N4O2. The van der Waals surface area contributed by atoms with E-state index in [1.165, 1.54) is 17.3 Å². The minimum atomic E-state index is -0.988. The zero-order valence-electron chi connectivity index (χ0n) is 11.2. The van der Waals surface area contributed by atoms with Gasteiger partial charge in [-0.3, -0.25) is 4.79 Å². The summed E-state index contributed by atoms with van der Waals surface area (Å²) < 4.78 is 1.42. The monoisotopic (exact) mass is 328 g/mol. The fraction of sp³-hybridized carbons (Fsp3) is 0.308. The molecule has 2 atom stereocenters. The Kier molecular flexibility index (Phi) is 5.17. The summed E-state index contributed by atoms with van der Waals surface area (Å²) in [6, 6.07) is 4.42. The standard InChI is InChI=1S/C13H14Cl2N4O2/c1-8(19-7-16-6-18-19)13(21)17-5-11(20)12-9(14)3-2-4-10(12)15/h2-4,6-8,11,20H,5H2,1H3,(H,17,21)/t8-,11-/m0/s1. The Hall–Kier alpha value is -1.63. The Morgan fingerprint density at radius 3 is 2.67 bits per heavy atom. The van der Waals surface area contributed by atoms with Gasteiger partial charge in [-0.2, -0.15) is 5.10 Å². The highest BCUT2D eigenvalue weighted by molar-refractivity contribution is 6.36. The van der Waals surface area contributed by atoms with E-state index in [9.17, 15) is 9.90 Å². The van der Waals surface area contributed by atoms with Crippen molar-refractivity contribution in [1.82, 2.24) is 20.1 Å². The number of halogens is 2. The van der Waals surface area contributed by atoms with Crippen LogP contribution < -0.4 is 5.32 Å². The van der Waals surface area contributed by atoms with Gasteiger partial charge in [0.15, 0.2) is 0 Å². The summed E-state index contributed by atoms with van der Waals surface area (Å²) in [5.41, 5.74) is 0.398. The van der Waals surface area contributed by atoms with Crippen LogP contribution in [0.4, 0.5) is 0 Å². The first-order valence-corrected chi connectivity index (χ1v) is 7.00. The van der Waals surface area contributed by atoms with Crippen LogP contribution in [-0.4, -0.2) is 32.3 Å². The first-order chi connectivity index (χ1) is 10.0. The van der Waals surface area contributed by atoms with Crippen LogP contribution in [0, 0.1) is 0 Å². The summed E-state index contributed by atoms with van der Waals surface area (Å²) in [5, 5.41) is 17.4. The maximum absolute atomic E-state index is 12.0. The lowest BCUT2D eigenvalue weighted by Gasteiger charge is -2.17. The van der Waals surface area contributed by atoms with Crippen LogP contribution in [0.15, 0.2) is 30.9 Å². The fourth-order valence-electron chi connectivity index (χ4n) is 1.81. The van der Waals surface area contributed by atoms with Crippen molar-refractivity contribution in [2.45, 2.75) is 19.1 Å². The molecule has 112 valence electrons. The van der Waals surface area contributed by atoms with Crippen molar-refractivity contribution >= 4 is 29.1 Å². The van der Waals surface area contributed by atoms with Crippen LogP contribution in [0.3, 0.4) is 0 Å². The van der Waals surface area contributed by atoms with E-state index in [2.05, 4.69) is 15.4 Å². The molecular weight excluding hydrogens is 315 g/mol. The zero-order chi connectivity index (χ0) is 15.4. The number of aromatic nitrogens is 3. The third-order valence-electron chi connectivity index (χ3n) is 3.02. The highest BCUT2D eigenvalue weighted by atomic mass is 35.5. The Labute approximate surface area is 131 Å². The van der Waals surface area contributed by atoms with E-state index < -0.39 is 12.1 Å². The number of carbonyl (C=O) groups is 1. The normalized spacial score (nSPS) is 13.7. The summed E-state index contributed by atoms with van der Waals surface area (Å²) in [5.74, 6) is -0.289. The second-order valence-electron chi connectivity index (χ2n) is 4.45. The third-order valence-corrected chi connectivity index (χ3v) is 3.67. The van der Waals surface area contributed by atoms with Crippen molar-refractivity contribution in [3.8, 4) is 0 Å². The number of amides is 1. The summed E-state index contributed by atoms with van der Waals surface area (Å²) in [6.07, 6.45) is 1.81. The van der Waals surface area contributed by atoms with Crippen molar-refractivity contribution in [1.29, 1.82) is 0 Å². The number of benzene rings is 1. The zero-order valence-corrected chi connectivity index (χ0v) is 12.7. The van der Waals surface area contributed by atoms with E-state index in [0.29, 0.717) is 15.6 Å². The van der Waals surface area contributed by atoms with E-state index in [1.807, 2.05) is 0 Å². The quantitative estimate of drug-likeness (QED) is 0.879. The average molecular weight is 329 g/mol. The Morgan fingerprint density at radius 1 is 1.43 bits per heavy atom. The van der Waals surface area contributed by atoms with Gasteiger partial charge in [0.25, 0.3) is 0 Å². The molecule has 0 aliphatic rings. The number of hydrogen-bond donors (Lipinski definition) is 2. The van der Waals surface area contributed by atoms with Gasteiger partial charge in [-0.25, -0.2) is 9.67 Å². The predicted octanol–water partition coefficient (Wildman–Crippen LogP) is 2.00. The number of rotatable bonds is 5. The highest BCUT2D eigenvalue weighted by Gasteiger charge is 2.19. The molecule has 0 spiro atoms. The van der Waals surface area contributed by atoms with Crippen LogP contribution in [-0.2, 0) is 4.79 Å². The number of nitrogens with zero attached hydrogens (tertiary/aromatic N) is 3. The van der Waals surface area contributed by atoms with Crippen molar-refractivity contribution < 1.29 is 9.90 Å².